The number of hydrazone groups is 1. The van der Waals surface area contributed by atoms with Crippen LogP contribution >= 0.6 is 11.6 Å². The second-order valence-electron chi connectivity index (χ2n) is 6.68. The van der Waals surface area contributed by atoms with E-state index < -0.39 is 0 Å². The molecule has 0 saturated carbocycles. The highest BCUT2D eigenvalue weighted by Gasteiger charge is 2.05. The number of hydrogen-bond acceptors (Lipinski definition) is 4. The molecule has 4 rings (SSSR count). The Kier molecular flexibility index (Phi) is 6.45. The van der Waals surface area contributed by atoms with Crippen LogP contribution in [0.15, 0.2) is 101 Å². The molecule has 0 unspecified atom stereocenters. The van der Waals surface area contributed by atoms with Crippen molar-refractivity contribution in [1.82, 2.24) is 5.43 Å². The number of rotatable bonds is 7. The van der Waals surface area contributed by atoms with Gasteiger partial charge in [0.2, 0.25) is 0 Å². The molecule has 1 amide bonds. The zero-order chi connectivity index (χ0) is 21.5. The lowest BCUT2D eigenvalue weighted by Crippen LogP contribution is -2.24. The Morgan fingerprint density at radius 3 is 2.42 bits per heavy atom. The van der Waals surface area contributed by atoms with Crippen LogP contribution in [0.4, 0.5) is 0 Å². The Labute approximate surface area is 184 Å². The monoisotopic (exact) mass is 430 g/mol. The highest BCUT2D eigenvalue weighted by atomic mass is 35.5. The molecule has 0 aliphatic heterocycles. The third kappa shape index (κ3) is 5.62. The van der Waals surface area contributed by atoms with E-state index in [0.717, 1.165) is 16.7 Å². The van der Waals surface area contributed by atoms with Crippen molar-refractivity contribution in [2.45, 2.75) is 0 Å². The van der Waals surface area contributed by atoms with Crippen LogP contribution in [0, 0.1) is 0 Å². The van der Waals surface area contributed by atoms with Crippen molar-refractivity contribution in [3.63, 3.8) is 0 Å². The second-order valence-corrected chi connectivity index (χ2v) is 7.12. The van der Waals surface area contributed by atoms with Gasteiger partial charge in [-0.1, -0.05) is 66.2 Å². The molecule has 1 heterocycles. The molecule has 1 N–H and O–H groups in total. The molecule has 31 heavy (non-hydrogen) atoms. The summed E-state index contributed by atoms with van der Waals surface area (Å²) in [5.74, 6) is 1.41. The SMILES string of the molecule is O=C(COc1ccc(-c2ccccc2)cc1)N/N=C/c1ccc(-c2cccc(Cl)c2)o1. The number of nitrogens with zero attached hydrogens (tertiary/aromatic N) is 1. The second kappa shape index (κ2) is 9.78. The van der Waals surface area contributed by atoms with E-state index >= 15 is 0 Å². The van der Waals surface area contributed by atoms with Crippen molar-refractivity contribution in [2.75, 3.05) is 6.61 Å². The minimum absolute atomic E-state index is 0.145. The number of halogens is 1. The summed E-state index contributed by atoms with van der Waals surface area (Å²) in [6.07, 6.45) is 1.43. The molecule has 0 bridgehead atoms. The first-order valence-electron chi connectivity index (χ1n) is 9.63. The molecule has 6 heteroatoms. The van der Waals surface area contributed by atoms with E-state index in [2.05, 4.69) is 10.5 Å². The molecular weight excluding hydrogens is 412 g/mol. The first-order chi connectivity index (χ1) is 15.2. The molecular formula is C25H19ClN2O3. The highest BCUT2D eigenvalue weighted by molar-refractivity contribution is 6.30. The minimum Gasteiger partial charge on any atom is -0.484 e. The van der Waals surface area contributed by atoms with Gasteiger partial charge in [-0.2, -0.15) is 5.10 Å². The summed E-state index contributed by atoms with van der Waals surface area (Å²) in [4.78, 5) is 12.0. The lowest BCUT2D eigenvalue weighted by molar-refractivity contribution is -0.123. The average molecular weight is 431 g/mol. The number of benzene rings is 3. The highest BCUT2D eigenvalue weighted by Crippen LogP contribution is 2.24. The van der Waals surface area contributed by atoms with E-state index in [1.807, 2.05) is 78.9 Å². The fraction of sp³-hybridized carbons (Fsp3) is 0.0400. The summed E-state index contributed by atoms with van der Waals surface area (Å²) < 4.78 is 11.2. The zero-order valence-electron chi connectivity index (χ0n) is 16.5. The van der Waals surface area contributed by atoms with Gasteiger partial charge in [0.1, 0.15) is 17.3 Å². The molecule has 4 aromatic rings. The molecule has 5 nitrogen and oxygen atoms in total. The van der Waals surface area contributed by atoms with Crippen molar-refractivity contribution in [3.05, 3.63) is 102 Å². The Hall–Kier alpha value is -3.83. The van der Waals surface area contributed by atoms with Crippen LogP contribution in [0.1, 0.15) is 5.76 Å². The number of hydrogen-bond donors (Lipinski definition) is 1. The van der Waals surface area contributed by atoms with Gasteiger partial charge >= 0.3 is 0 Å². The van der Waals surface area contributed by atoms with Gasteiger partial charge in [-0.15, -0.1) is 0 Å². The molecule has 0 aliphatic rings. The minimum atomic E-state index is -0.370. The molecule has 0 saturated heterocycles. The van der Waals surface area contributed by atoms with Crippen molar-refractivity contribution >= 4 is 23.7 Å². The molecule has 0 radical (unpaired) electrons. The van der Waals surface area contributed by atoms with E-state index in [1.165, 1.54) is 6.21 Å². The Morgan fingerprint density at radius 1 is 0.903 bits per heavy atom. The smallest absolute Gasteiger partial charge is 0.277 e. The van der Waals surface area contributed by atoms with E-state index in [1.54, 1.807) is 12.1 Å². The van der Waals surface area contributed by atoms with Crippen LogP contribution in [0.2, 0.25) is 5.02 Å². The van der Waals surface area contributed by atoms with Gasteiger partial charge < -0.3 is 9.15 Å². The van der Waals surface area contributed by atoms with Crippen LogP contribution in [-0.4, -0.2) is 18.7 Å². The number of ether oxygens (including phenoxy) is 1. The molecule has 154 valence electrons. The Morgan fingerprint density at radius 2 is 1.65 bits per heavy atom. The van der Waals surface area contributed by atoms with Crippen LogP contribution in [-0.2, 0) is 4.79 Å². The lowest BCUT2D eigenvalue weighted by Gasteiger charge is -2.06. The largest absolute Gasteiger partial charge is 0.484 e. The summed E-state index contributed by atoms with van der Waals surface area (Å²) in [7, 11) is 0. The van der Waals surface area contributed by atoms with Crippen LogP contribution in [0.3, 0.4) is 0 Å². The molecule has 0 fully saturated rings. The van der Waals surface area contributed by atoms with Crippen molar-refractivity contribution in [1.29, 1.82) is 0 Å². The summed E-state index contributed by atoms with van der Waals surface area (Å²) in [6, 6.07) is 28.6. The van der Waals surface area contributed by atoms with Gasteiger partial charge in [0.15, 0.2) is 6.61 Å². The van der Waals surface area contributed by atoms with Crippen LogP contribution < -0.4 is 10.2 Å². The van der Waals surface area contributed by atoms with Crippen molar-refractivity contribution in [2.24, 2.45) is 5.10 Å². The van der Waals surface area contributed by atoms with E-state index in [-0.39, 0.29) is 12.5 Å². The Balaban J connectivity index is 1.26. The van der Waals surface area contributed by atoms with Gasteiger partial charge in [0.25, 0.3) is 5.91 Å². The Bertz CT molecular complexity index is 1180. The average Bonchev–Trinajstić information content (AvgIpc) is 3.28. The molecule has 0 aliphatic carbocycles. The lowest BCUT2D eigenvalue weighted by atomic mass is 10.1. The molecule has 0 spiro atoms. The topological polar surface area (TPSA) is 63.8 Å². The molecule has 0 atom stereocenters. The van der Waals surface area contributed by atoms with E-state index in [0.29, 0.717) is 22.3 Å². The predicted molar refractivity (Wildman–Crippen MR) is 122 cm³/mol. The van der Waals surface area contributed by atoms with Gasteiger partial charge in [0, 0.05) is 10.6 Å². The van der Waals surface area contributed by atoms with E-state index in [4.69, 9.17) is 20.8 Å². The quantitative estimate of drug-likeness (QED) is 0.298. The fourth-order valence-corrected chi connectivity index (χ4v) is 3.13. The molecule has 1 aromatic heterocycles. The summed E-state index contributed by atoms with van der Waals surface area (Å²) in [5, 5.41) is 4.54. The maximum atomic E-state index is 12.0. The first-order valence-corrected chi connectivity index (χ1v) is 10.0. The summed E-state index contributed by atoms with van der Waals surface area (Å²) >= 11 is 6.00. The van der Waals surface area contributed by atoms with Crippen molar-refractivity contribution in [3.8, 4) is 28.2 Å². The van der Waals surface area contributed by atoms with Gasteiger partial charge in [-0.05, 0) is 47.5 Å². The van der Waals surface area contributed by atoms with Gasteiger partial charge in [-0.3, -0.25) is 4.79 Å². The fourth-order valence-electron chi connectivity index (χ4n) is 2.94. The predicted octanol–water partition coefficient (Wildman–Crippen LogP) is 5.80. The number of nitrogens with one attached hydrogen (secondary N) is 1. The standard InChI is InChI=1S/C25H19ClN2O3/c26-21-8-4-7-20(15-21)24-14-13-23(31-24)16-27-28-25(29)17-30-22-11-9-19(10-12-22)18-5-2-1-3-6-18/h1-16H,17H2,(H,28,29)/b27-16+. The third-order valence-electron chi connectivity index (χ3n) is 4.45. The normalized spacial score (nSPS) is 10.9. The summed E-state index contributed by atoms with van der Waals surface area (Å²) in [5.41, 5.74) is 5.49. The van der Waals surface area contributed by atoms with E-state index in [9.17, 15) is 4.79 Å². The van der Waals surface area contributed by atoms with Gasteiger partial charge in [0.05, 0.1) is 6.21 Å². The number of furan rings is 1. The molecule has 3 aromatic carbocycles. The zero-order valence-corrected chi connectivity index (χ0v) is 17.3. The van der Waals surface area contributed by atoms with Crippen LogP contribution in [0.25, 0.3) is 22.5 Å². The first kappa shape index (κ1) is 20.4. The summed E-state index contributed by atoms with van der Waals surface area (Å²) in [6.45, 7) is -0.145. The number of carbonyl (C=O) groups is 1. The van der Waals surface area contributed by atoms with Crippen molar-refractivity contribution < 1.29 is 13.9 Å². The van der Waals surface area contributed by atoms with Gasteiger partial charge in [-0.25, -0.2) is 5.43 Å². The number of amides is 1. The van der Waals surface area contributed by atoms with Crippen LogP contribution in [0.5, 0.6) is 5.75 Å². The maximum Gasteiger partial charge on any atom is 0.277 e. The number of carbonyl (C=O) groups excluding carboxylic acids is 1. The third-order valence-corrected chi connectivity index (χ3v) is 4.68. The maximum absolute atomic E-state index is 12.0.